The second-order valence-corrected chi connectivity index (χ2v) is 6.96. The van der Waals surface area contributed by atoms with E-state index in [4.69, 9.17) is 14.2 Å². The van der Waals surface area contributed by atoms with Crippen molar-refractivity contribution in [1.82, 2.24) is 9.78 Å². The van der Waals surface area contributed by atoms with Crippen molar-refractivity contribution in [2.75, 3.05) is 6.79 Å². The highest BCUT2D eigenvalue weighted by Crippen LogP contribution is 2.33. The minimum atomic E-state index is -0.742. The van der Waals surface area contributed by atoms with E-state index in [1.165, 1.54) is 16.8 Å². The molecule has 4 rings (SSSR count). The zero-order valence-electron chi connectivity index (χ0n) is 16.7. The Bertz CT molecular complexity index is 1240. The van der Waals surface area contributed by atoms with Crippen molar-refractivity contribution in [3.05, 3.63) is 73.7 Å². The number of ether oxygens (including phenoxy) is 3. The summed E-state index contributed by atoms with van der Waals surface area (Å²) in [6, 6.07) is 9.36. The van der Waals surface area contributed by atoms with Gasteiger partial charge in [0.25, 0.3) is 11.2 Å². The van der Waals surface area contributed by atoms with Crippen LogP contribution >= 0.6 is 0 Å². The lowest BCUT2D eigenvalue weighted by molar-refractivity contribution is -0.385. The number of aryl methyl sites for hydroxylation is 1. The van der Waals surface area contributed by atoms with Gasteiger partial charge in [-0.05, 0) is 12.5 Å². The largest absolute Gasteiger partial charge is 0.467 e. The molecule has 0 fully saturated rings. The standard InChI is InChI=1S/C21H19N3O7/c1-2-7-23-20(25)17-6-4-3-5-16(17)18(22-23)21(26)30-11-14-9-15(24(27)28)8-13-10-29-12-31-19(13)14/h3-6,8-9H,2,7,10-12H2,1H3. The van der Waals surface area contributed by atoms with Crippen LogP contribution in [0, 0.1) is 10.1 Å². The minimum absolute atomic E-state index is 0.0000691. The van der Waals surface area contributed by atoms with E-state index in [1.54, 1.807) is 24.3 Å². The predicted molar refractivity (Wildman–Crippen MR) is 109 cm³/mol. The first-order valence-electron chi connectivity index (χ1n) is 9.67. The Morgan fingerprint density at radius 1 is 1.29 bits per heavy atom. The van der Waals surface area contributed by atoms with Gasteiger partial charge in [0.1, 0.15) is 12.4 Å². The number of hydrogen-bond acceptors (Lipinski definition) is 8. The van der Waals surface area contributed by atoms with Crippen LogP contribution < -0.4 is 10.3 Å². The molecular formula is C21H19N3O7. The average Bonchev–Trinajstić information content (AvgIpc) is 2.79. The van der Waals surface area contributed by atoms with Crippen LogP contribution in [0.2, 0.25) is 0 Å². The summed E-state index contributed by atoms with van der Waals surface area (Å²) in [6.45, 7) is 2.16. The molecule has 10 heteroatoms. The number of non-ortho nitro benzene ring substituents is 1. The van der Waals surface area contributed by atoms with Crippen LogP contribution in [0.15, 0.2) is 41.2 Å². The molecule has 0 spiro atoms. The van der Waals surface area contributed by atoms with Crippen molar-refractivity contribution in [2.24, 2.45) is 0 Å². The van der Waals surface area contributed by atoms with Crippen LogP contribution in [0.4, 0.5) is 5.69 Å². The highest BCUT2D eigenvalue weighted by atomic mass is 16.7. The maximum absolute atomic E-state index is 12.9. The fourth-order valence-electron chi connectivity index (χ4n) is 3.45. The summed E-state index contributed by atoms with van der Waals surface area (Å²) in [5.41, 5.74) is 0.430. The molecule has 2 aromatic carbocycles. The number of nitrogens with zero attached hydrogens (tertiary/aromatic N) is 3. The summed E-state index contributed by atoms with van der Waals surface area (Å²) in [5, 5.41) is 16.2. The van der Waals surface area contributed by atoms with Gasteiger partial charge in [0.05, 0.1) is 16.9 Å². The quantitative estimate of drug-likeness (QED) is 0.336. The van der Waals surface area contributed by atoms with Crippen molar-refractivity contribution in [2.45, 2.75) is 33.1 Å². The third kappa shape index (κ3) is 3.97. The van der Waals surface area contributed by atoms with Crippen LogP contribution in [0.5, 0.6) is 5.75 Å². The number of aromatic nitrogens is 2. The van der Waals surface area contributed by atoms with Gasteiger partial charge in [0.15, 0.2) is 12.5 Å². The number of nitro benzene ring substituents is 1. The summed E-state index contributed by atoms with van der Waals surface area (Å²) in [7, 11) is 0. The van der Waals surface area contributed by atoms with Crippen LogP contribution in [-0.2, 0) is 29.2 Å². The second kappa shape index (κ2) is 8.52. The number of hydrogen-bond donors (Lipinski definition) is 0. The predicted octanol–water partition coefficient (Wildman–Crippen LogP) is 2.94. The molecule has 3 aromatic rings. The smallest absolute Gasteiger partial charge is 0.359 e. The molecule has 0 saturated carbocycles. The maximum Gasteiger partial charge on any atom is 0.359 e. The van der Waals surface area contributed by atoms with Gasteiger partial charge in [-0.15, -0.1) is 0 Å². The van der Waals surface area contributed by atoms with E-state index in [2.05, 4.69) is 5.10 Å². The topological polar surface area (TPSA) is 123 Å². The Kier molecular flexibility index (Phi) is 5.63. The van der Waals surface area contributed by atoms with Gasteiger partial charge in [-0.1, -0.05) is 25.1 Å². The molecule has 0 bridgehead atoms. The highest BCUT2D eigenvalue weighted by Gasteiger charge is 2.23. The van der Waals surface area contributed by atoms with Gasteiger partial charge in [0.2, 0.25) is 0 Å². The monoisotopic (exact) mass is 425 g/mol. The Morgan fingerprint density at radius 2 is 2.06 bits per heavy atom. The van der Waals surface area contributed by atoms with Crippen LogP contribution in [0.25, 0.3) is 10.8 Å². The van der Waals surface area contributed by atoms with E-state index in [0.717, 1.165) is 0 Å². The number of rotatable bonds is 6. The van der Waals surface area contributed by atoms with Crippen LogP contribution in [0.1, 0.15) is 35.0 Å². The first-order chi connectivity index (χ1) is 15.0. The molecule has 1 aromatic heterocycles. The molecule has 0 unspecified atom stereocenters. The average molecular weight is 425 g/mol. The van der Waals surface area contributed by atoms with Crippen molar-refractivity contribution in [3.8, 4) is 5.75 Å². The van der Waals surface area contributed by atoms with Gasteiger partial charge < -0.3 is 14.2 Å². The van der Waals surface area contributed by atoms with Gasteiger partial charge >= 0.3 is 5.97 Å². The molecule has 0 saturated heterocycles. The third-order valence-corrected chi connectivity index (χ3v) is 4.84. The summed E-state index contributed by atoms with van der Waals surface area (Å²) in [4.78, 5) is 36.2. The lowest BCUT2D eigenvalue weighted by Gasteiger charge is -2.20. The Morgan fingerprint density at radius 3 is 2.81 bits per heavy atom. The molecule has 1 aliphatic rings. The van der Waals surface area contributed by atoms with Gasteiger partial charge in [-0.25, -0.2) is 9.48 Å². The summed E-state index contributed by atoms with van der Waals surface area (Å²) >= 11 is 0. The van der Waals surface area contributed by atoms with Crippen molar-refractivity contribution < 1.29 is 23.9 Å². The van der Waals surface area contributed by atoms with Crippen molar-refractivity contribution in [3.63, 3.8) is 0 Å². The molecule has 0 amide bonds. The fourth-order valence-corrected chi connectivity index (χ4v) is 3.45. The molecule has 1 aliphatic heterocycles. The van der Waals surface area contributed by atoms with Crippen LogP contribution in [0.3, 0.4) is 0 Å². The van der Waals surface area contributed by atoms with E-state index in [1.807, 2.05) is 6.92 Å². The third-order valence-electron chi connectivity index (χ3n) is 4.84. The normalized spacial score (nSPS) is 12.8. The van der Waals surface area contributed by atoms with Gasteiger partial charge in [0, 0.05) is 35.2 Å². The van der Waals surface area contributed by atoms with E-state index in [-0.39, 0.29) is 36.9 Å². The first-order valence-corrected chi connectivity index (χ1v) is 9.67. The molecule has 0 aliphatic carbocycles. The molecule has 10 nitrogen and oxygen atoms in total. The number of esters is 1. The van der Waals surface area contributed by atoms with Gasteiger partial charge in [-0.3, -0.25) is 14.9 Å². The number of benzene rings is 2. The maximum atomic E-state index is 12.9. The number of fused-ring (bicyclic) bond motifs is 2. The Balaban J connectivity index is 1.68. The molecule has 31 heavy (non-hydrogen) atoms. The van der Waals surface area contributed by atoms with E-state index >= 15 is 0 Å². The summed E-state index contributed by atoms with van der Waals surface area (Å²) in [6.07, 6.45) is 0.666. The molecule has 0 atom stereocenters. The number of nitro groups is 1. The van der Waals surface area contributed by atoms with E-state index in [9.17, 15) is 19.7 Å². The highest BCUT2D eigenvalue weighted by molar-refractivity contribution is 6.02. The number of carbonyl (C=O) groups excluding carboxylic acids is 1. The van der Waals surface area contributed by atoms with Crippen molar-refractivity contribution in [1.29, 1.82) is 0 Å². The fraction of sp³-hybridized carbons (Fsp3) is 0.286. The molecule has 160 valence electrons. The summed E-state index contributed by atoms with van der Waals surface area (Å²) in [5.74, 6) is -0.341. The molecular weight excluding hydrogens is 406 g/mol. The molecule has 0 radical (unpaired) electrons. The summed E-state index contributed by atoms with van der Waals surface area (Å²) < 4.78 is 17.3. The van der Waals surface area contributed by atoms with E-state index < -0.39 is 10.9 Å². The SMILES string of the molecule is CCCn1nc(C(=O)OCc2cc([N+](=O)[O-])cc3c2OCOC3)c2ccccc2c1=O. The lowest BCUT2D eigenvalue weighted by atomic mass is 10.1. The Hall–Kier alpha value is -3.79. The van der Waals surface area contributed by atoms with E-state index in [0.29, 0.717) is 40.6 Å². The first kappa shape index (κ1) is 20.5. The van der Waals surface area contributed by atoms with Crippen LogP contribution in [-0.4, -0.2) is 27.5 Å². The Labute approximate surface area is 176 Å². The zero-order valence-corrected chi connectivity index (χ0v) is 16.7. The minimum Gasteiger partial charge on any atom is -0.467 e. The zero-order chi connectivity index (χ0) is 22.0. The lowest BCUT2D eigenvalue weighted by Crippen LogP contribution is -2.26. The number of carbonyl (C=O) groups is 1. The molecule has 2 heterocycles. The molecule has 0 N–H and O–H groups in total. The van der Waals surface area contributed by atoms with Crippen molar-refractivity contribution >= 4 is 22.4 Å². The second-order valence-electron chi connectivity index (χ2n) is 6.96. The van der Waals surface area contributed by atoms with Gasteiger partial charge in [-0.2, -0.15) is 5.10 Å².